The zero-order valence-electron chi connectivity index (χ0n) is 16.5. The average molecular weight is 437 g/mol. The summed E-state index contributed by atoms with van der Waals surface area (Å²) in [5.74, 6) is 1.44. The van der Waals surface area contributed by atoms with Crippen molar-refractivity contribution in [3.05, 3.63) is 30.1 Å². The molecule has 0 saturated carbocycles. The van der Waals surface area contributed by atoms with Gasteiger partial charge in [-0.2, -0.15) is 0 Å². The molecule has 156 valence electrons. The molecule has 0 unspecified atom stereocenters. The topological polar surface area (TPSA) is 118 Å². The first-order chi connectivity index (χ1) is 13.8. The van der Waals surface area contributed by atoms with Crippen molar-refractivity contribution in [1.29, 1.82) is 0 Å². The highest BCUT2D eigenvalue weighted by molar-refractivity contribution is 7.99. The van der Waals surface area contributed by atoms with Gasteiger partial charge in [0.25, 0.3) is 10.0 Å². The Labute approximate surface area is 174 Å². The number of benzene rings is 1. The third-order valence-corrected chi connectivity index (χ3v) is 6.67. The highest BCUT2D eigenvalue weighted by Crippen LogP contribution is 2.21. The summed E-state index contributed by atoms with van der Waals surface area (Å²) in [7, 11) is -1.86. The Bertz CT molecular complexity index is 1030. The second-order valence-corrected chi connectivity index (χ2v) is 9.58. The summed E-state index contributed by atoms with van der Waals surface area (Å²) < 4.78 is 29.4. The first kappa shape index (κ1) is 21.3. The Morgan fingerprint density at radius 3 is 2.76 bits per heavy atom. The number of aliphatic imine (C=N–C) groups is 1. The molecule has 3 rings (SSSR count). The Hall–Kier alpha value is -2.40. The number of rotatable bonds is 7. The first-order valence-corrected chi connectivity index (χ1v) is 11.7. The maximum atomic E-state index is 12.5. The largest absolute Gasteiger partial charge is 0.325 e. The highest BCUT2D eigenvalue weighted by atomic mass is 32.2. The van der Waals surface area contributed by atoms with Crippen molar-refractivity contribution in [2.45, 2.75) is 42.7 Å². The van der Waals surface area contributed by atoms with Crippen LogP contribution in [0.25, 0.3) is 0 Å². The van der Waals surface area contributed by atoms with Crippen LogP contribution in [0.5, 0.6) is 0 Å². The molecular formula is C18H24N6O3S2. The summed E-state index contributed by atoms with van der Waals surface area (Å²) in [4.78, 5) is 16.5. The molecule has 1 aliphatic rings. The fourth-order valence-electron chi connectivity index (χ4n) is 2.86. The lowest BCUT2D eigenvalue weighted by molar-refractivity contribution is -0.113. The predicted molar refractivity (Wildman–Crippen MR) is 113 cm³/mol. The fraction of sp³-hybridized carbons (Fsp3) is 0.444. The molecule has 2 heterocycles. The molecule has 0 saturated heterocycles. The highest BCUT2D eigenvalue weighted by Gasteiger charge is 2.19. The van der Waals surface area contributed by atoms with Crippen LogP contribution in [0.3, 0.4) is 0 Å². The number of amides is 1. The molecule has 0 radical (unpaired) electrons. The lowest BCUT2D eigenvalue weighted by atomic mass is 10.2. The number of thioether (sulfide) groups is 1. The second kappa shape index (κ2) is 8.95. The van der Waals surface area contributed by atoms with E-state index in [1.807, 2.05) is 25.5 Å². The zero-order valence-corrected chi connectivity index (χ0v) is 18.2. The smallest absolute Gasteiger partial charge is 0.262 e. The summed E-state index contributed by atoms with van der Waals surface area (Å²) in [6.45, 7) is 4.69. The van der Waals surface area contributed by atoms with Gasteiger partial charge in [-0.3, -0.25) is 14.5 Å². The zero-order chi connectivity index (χ0) is 21.0. The number of amidine groups is 1. The van der Waals surface area contributed by atoms with Crippen LogP contribution in [-0.2, 0) is 21.9 Å². The van der Waals surface area contributed by atoms with Crippen molar-refractivity contribution in [3.63, 3.8) is 0 Å². The SMILES string of the molecule is CC(C)c1nnc(SCC(=O)Nc2cccc(S(=O)(=O)NC3=NCCC3)c2)n1C. The Kier molecular flexibility index (Phi) is 6.58. The number of anilines is 1. The van der Waals surface area contributed by atoms with Gasteiger partial charge in [0.1, 0.15) is 11.7 Å². The van der Waals surface area contributed by atoms with Crippen LogP contribution in [0, 0.1) is 0 Å². The number of carbonyl (C=O) groups excluding carboxylic acids is 1. The van der Waals surface area contributed by atoms with Gasteiger partial charge in [0.2, 0.25) is 5.91 Å². The summed E-state index contributed by atoms with van der Waals surface area (Å²) in [5.41, 5.74) is 0.410. The van der Waals surface area contributed by atoms with Crippen LogP contribution in [-0.4, -0.2) is 47.2 Å². The number of hydrogen-bond acceptors (Lipinski definition) is 7. The Balaban J connectivity index is 1.61. The van der Waals surface area contributed by atoms with Gasteiger partial charge in [-0.25, -0.2) is 8.42 Å². The van der Waals surface area contributed by atoms with Gasteiger partial charge < -0.3 is 9.88 Å². The number of hydrogen-bond donors (Lipinski definition) is 2. The van der Waals surface area contributed by atoms with E-state index in [9.17, 15) is 13.2 Å². The maximum Gasteiger partial charge on any atom is 0.262 e. The van der Waals surface area contributed by atoms with Crippen LogP contribution >= 0.6 is 11.8 Å². The molecule has 1 amide bonds. The van der Waals surface area contributed by atoms with E-state index in [0.717, 1.165) is 12.2 Å². The molecule has 29 heavy (non-hydrogen) atoms. The number of sulfonamides is 1. The van der Waals surface area contributed by atoms with Gasteiger partial charge in [-0.15, -0.1) is 10.2 Å². The van der Waals surface area contributed by atoms with E-state index in [1.165, 1.54) is 23.9 Å². The van der Waals surface area contributed by atoms with E-state index >= 15 is 0 Å². The van der Waals surface area contributed by atoms with E-state index in [2.05, 4.69) is 25.2 Å². The van der Waals surface area contributed by atoms with Crippen LogP contribution < -0.4 is 10.0 Å². The molecule has 0 fully saturated rings. The van der Waals surface area contributed by atoms with Crippen molar-refractivity contribution < 1.29 is 13.2 Å². The molecule has 2 N–H and O–H groups in total. The van der Waals surface area contributed by atoms with Crippen molar-refractivity contribution in [1.82, 2.24) is 19.5 Å². The minimum Gasteiger partial charge on any atom is -0.325 e. The minimum atomic E-state index is -3.73. The van der Waals surface area contributed by atoms with Gasteiger partial charge in [0.05, 0.1) is 10.6 Å². The Morgan fingerprint density at radius 1 is 1.31 bits per heavy atom. The lowest BCUT2D eigenvalue weighted by Crippen LogP contribution is -2.29. The fourth-order valence-corrected chi connectivity index (χ4v) is 4.71. The second-order valence-electron chi connectivity index (χ2n) is 6.96. The van der Waals surface area contributed by atoms with E-state index < -0.39 is 10.0 Å². The standard InChI is InChI=1S/C18H24N6O3S2/c1-12(2)17-21-22-18(24(17)3)28-11-16(25)20-13-6-4-7-14(10-13)29(26,27)23-15-8-5-9-19-15/h4,6-7,10,12H,5,8-9,11H2,1-3H3,(H,19,23)(H,20,25). The quantitative estimate of drug-likeness (QED) is 0.642. The Morgan fingerprint density at radius 2 is 2.10 bits per heavy atom. The maximum absolute atomic E-state index is 12.5. The van der Waals surface area contributed by atoms with Crippen molar-refractivity contribution in [3.8, 4) is 0 Å². The molecule has 2 aromatic rings. The minimum absolute atomic E-state index is 0.0763. The molecule has 0 atom stereocenters. The van der Waals surface area contributed by atoms with E-state index in [0.29, 0.717) is 29.6 Å². The molecule has 9 nitrogen and oxygen atoms in total. The van der Waals surface area contributed by atoms with Gasteiger partial charge in [0.15, 0.2) is 5.16 Å². The normalized spacial score (nSPS) is 14.1. The molecule has 11 heteroatoms. The molecule has 0 aliphatic carbocycles. The number of carbonyl (C=O) groups is 1. The van der Waals surface area contributed by atoms with Crippen LogP contribution in [0.2, 0.25) is 0 Å². The lowest BCUT2D eigenvalue weighted by Gasteiger charge is -2.10. The van der Waals surface area contributed by atoms with Crippen LogP contribution in [0.1, 0.15) is 38.4 Å². The summed E-state index contributed by atoms with van der Waals surface area (Å²) in [6, 6.07) is 6.15. The number of aromatic nitrogens is 3. The van der Waals surface area contributed by atoms with Gasteiger partial charge in [0, 0.05) is 31.6 Å². The summed E-state index contributed by atoms with van der Waals surface area (Å²) >= 11 is 1.27. The molecule has 0 bridgehead atoms. The van der Waals surface area contributed by atoms with Crippen LogP contribution in [0.4, 0.5) is 5.69 Å². The molecule has 0 spiro atoms. The first-order valence-electron chi connectivity index (χ1n) is 9.24. The number of nitrogens with one attached hydrogen (secondary N) is 2. The average Bonchev–Trinajstić information content (AvgIpc) is 3.29. The van der Waals surface area contributed by atoms with E-state index in [1.54, 1.807) is 12.1 Å². The molecule has 1 aliphatic heterocycles. The molecular weight excluding hydrogens is 412 g/mol. The van der Waals surface area contributed by atoms with Gasteiger partial charge in [-0.1, -0.05) is 31.7 Å². The van der Waals surface area contributed by atoms with E-state index in [-0.39, 0.29) is 22.5 Å². The third-order valence-electron chi connectivity index (χ3n) is 4.27. The summed E-state index contributed by atoms with van der Waals surface area (Å²) in [5, 5.41) is 11.6. The molecule has 1 aromatic heterocycles. The van der Waals surface area contributed by atoms with Gasteiger partial charge >= 0.3 is 0 Å². The van der Waals surface area contributed by atoms with Crippen molar-refractivity contribution in [2.24, 2.45) is 12.0 Å². The predicted octanol–water partition coefficient (Wildman–Crippen LogP) is 2.14. The monoisotopic (exact) mass is 436 g/mol. The van der Waals surface area contributed by atoms with Crippen molar-refractivity contribution in [2.75, 3.05) is 17.6 Å². The third kappa shape index (κ3) is 5.36. The summed E-state index contributed by atoms with van der Waals surface area (Å²) in [6.07, 6.45) is 1.46. The molecule has 1 aromatic carbocycles. The van der Waals surface area contributed by atoms with Gasteiger partial charge in [-0.05, 0) is 24.6 Å². The van der Waals surface area contributed by atoms with Crippen LogP contribution in [0.15, 0.2) is 39.3 Å². The number of nitrogens with zero attached hydrogens (tertiary/aromatic N) is 4. The van der Waals surface area contributed by atoms with E-state index in [4.69, 9.17) is 0 Å². The van der Waals surface area contributed by atoms with Crippen molar-refractivity contribution >= 4 is 39.2 Å².